The van der Waals surface area contributed by atoms with Gasteiger partial charge in [0.05, 0.1) is 24.2 Å². The van der Waals surface area contributed by atoms with Crippen LogP contribution in [0.15, 0.2) is 18.2 Å². The van der Waals surface area contributed by atoms with Gasteiger partial charge in [0, 0.05) is 18.2 Å². The number of nitrogens with zero attached hydrogens (tertiary/aromatic N) is 1. The molecule has 0 aliphatic carbocycles. The fraction of sp³-hybridized carbons (Fsp3) is 0.500. The molecule has 2 atom stereocenters. The highest BCUT2D eigenvalue weighted by Gasteiger charge is 2.31. The van der Waals surface area contributed by atoms with E-state index in [-0.39, 0.29) is 35.5 Å². The van der Waals surface area contributed by atoms with Gasteiger partial charge in [-0.3, -0.25) is 10.1 Å². The predicted octanol–water partition coefficient (Wildman–Crippen LogP) is 2.46. The number of benzene rings is 1. The highest BCUT2D eigenvalue weighted by molar-refractivity contribution is 7.99. The quantitative estimate of drug-likeness (QED) is 0.872. The van der Waals surface area contributed by atoms with E-state index < -0.39 is 5.82 Å². The number of carbonyl (C=O) groups is 1. The Kier molecular flexibility index (Phi) is 6.35. The van der Waals surface area contributed by atoms with E-state index in [1.165, 1.54) is 6.07 Å². The molecule has 8 heteroatoms. The minimum absolute atomic E-state index is 0. The maximum atomic E-state index is 13.2. The standard InChI is InChI=1S/C14H16ClFN2O2S.ClH/c15-10-5-9(1-2-11(10)16)13-6-18(3-4-20-13)14(19)12-7-21-8-17-12;/h1-2,5,12-13,17H,3-4,6-8H2;1H. The Balaban J connectivity index is 0.00000176. The molecule has 2 saturated heterocycles. The van der Waals surface area contributed by atoms with Crippen molar-refractivity contribution in [2.24, 2.45) is 0 Å². The van der Waals surface area contributed by atoms with Crippen molar-refractivity contribution in [1.29, 1.82) is 0 Å². The predicted molar refractivity (Wildman–Crippen MR) is 88.2 cm³/mol. The summed E-state index contributed by atoms with van der Waals surface area (Å²) >= 11 is 7.54. The highest BCUT2D eigenvalue weighted by Crippen LogP contribution is 2.26. The van der Waals surface area contributed by atoms with Crippen LogP contribution >= 0.6 is 35.8 Å². The van der Waals surface area contributed by atoms with Gasteiger partial charge in [-0.1, -0.05) is 17.7 Å². The molecule has 3 rings (SSSR count). The van der Waals surface area contributed by atoms with Crippen LogP contribution in [0.4, 0.5) is 4.39 Å². The van der Waals surface area contributed by atoms with Gasteiger partial charge in [0.25, 0.3) is 0 Å². The largest absolute Gasteiger partial charge is 0.370 e. The first-order chi connectivity index (χ1) is 10.1. The number of morpholine rings is 1. The van der Waals surface area contributed by atoms with Crippen LogP contribution < -0.4 is 5.32 Å². The van der Waals surface area contributed by atoms with Crippen LogP contribution in [0.2, 0.25) is 5.02 Å². The molecule has 2 heterocycles. The number of rotatable bonds is 2. The summed E-state index contributed by atoms with van der Waals surface area (Å²) in [5.74, 6) is 1.29. The Morgan fingerprint density at radius 1 is 1.50 bits per heavy atom. The zero-order valence-corrected chi connectivity index (χ0v) is 14.1. The number of thioether (sulfide) groups is 1. The molecule has 0 bridgehead atoms. The van der Waals surface area contributed by atoms with Gasteiger partial charge in [0.2, 0.25) is 5.91 Å². The van der Waals surface area contributed by atoms with Crippen LogP contribution in [0, 0.1) is 5.82 Å². The number of carbonyl (C=O) groups excluding carboxylic acids is 1. The molecule has 0 aromatic heterocycles. The molecule has 22 heavy (non-hydrogen) atoms. The number of nitrogens with one attached hydrogen (secondary N) is 1. The lowest BCUT2D eigenvalue weighted by Crippen LogP contribution is -2.50. The molecule has 2 unspecified atom stereocenters. The first-order valence-corrected chi connectivity index (χ1v) is 8.35. The van der Waals surface area contributed by atoms with Crippen LogP contribution in [0.1, 0.15) is 11.7 Å². The average molecular weight is 367 g/mol. The van der Waals surface area contributed by atoms with Crippen molar-refractivity contribution in [3.05, 3.63) is 34.6 Å². The van der Waals surface area contributed by atoms with E-state index in [0.717, 1.165) is 17.2 Å². The van der Waals surface area contributed by atoms with Gasteiger partial charge in [-0.15, -0.1) is 24.2 Å². The Hall–Kier alpha value is -0.530. The van der Waals surface area contributed by atoms with Crippen LogP contribution in [-0.2, 0) is 9.53 Å². The maximum Gasteiger partial charge on any atom is 0.240 e. The molecule has 1 N–H and O–H groups in total. The number of halogens is 3. The molecule has 1 amide bonds. The third-order valence-electron chi connectivity index (χ3n) is 3.71. The van der Waals surface area contributed by atoms with Gasteiger partial charge in [-0.25, -0.2) is 4.39 Å². The molecule has 0 radical (unpaired) electrons. The van der Waals surface area contributed by atoms with Crippen LogP contribution in [0.3, 0.4) is 0 Å². The maximum absolute atomic E-state index is 13.2. The van der Waals surface area contributed by atoms with Crippen molar-refractivity contribution in [2.75, 3.05) is 31.3 Å². The summed E-state index contributed by atoms with van der Waals surface area (Å²) in [6.45, 7) is 1.54. The zero-order valence-electron chi connectivity index (χ0n) is 11.8. The fourth-order valence-corrected chi connectivity index (χ4v) is 3.66. The normalized spacial score (nSPS) is 24.9. The van der Waals surface area contributed by atoms with Crippen molar-refractivity contribution in [1.82, 2.24) is 10.2 Å². The SMILES string of the molecule is Cl.O=C(C1CSCN1)N1CCOC(c2ccc(F)c(Cl)c2)C1. The Bertz CT molecular complexity index is 544. The van der Waals surface area contributed by atoms with Gasteiger partial charge in [0.15, 0.2) is 0 Å². The van der Waals surface area contributed by atoms with Gasteiger partial charge in [-0.2, -0.15) is 0 Å². The summed E-state index contributed by atoms with van der Waals surface area (Å²) in [6.07, 6.45) is -0.255. The summed E-state index contributed by atoms with van der Waals surface area (Å²) in [5.41, 5.74) is 0.799. The van der Waals surface area contributed by atoms with Crippen molar-refractivity contribution in [3.8, 4) is 0 Å². The van der Waals surface area contributed by atoms with Crippen LogP contribution in [-0.4, -0.2) is 48.2 Å². The number of ether oxygens (including phenoxy) is 1. The van der Waals surface area contributed by atoms with Crippen molar-refractivity contribution in [3.63, 3.8) is 0 Å². The fourth-order valence-electron chi connectivity index (χ4n) is 2.54. The summed E-state index contributed by atoms with van der Waals surface area (Å²) in [4.78, 5) is 14.2. The Labute approximate surface area is 144 Å². The number of amides is 1. The molecule has 1 aromatic rings. The smallest absolute Gasteiger partial charge is 0.240 e. The van der Waals surface area contributed by atoms with Crippen LogP contribution in [0.25, 0.3) is 0 Å². The minimum Gasteiger partial charge on any atom is -0.370 e. The van der Waals surface area contributed by atoms with Gasteiger partial charge >= 0.3 is 0 Å². The number of hydrogen-bond acceptors (Lipinski definition) is 4. The summed E-state index contributed by atoms with van der Waals surface area (Å²) < 4.78 is 18.9. The summed E-state index contributed by atoms with van der Waals surface area (Å²) in [6, 6.07) is 4.45. The molecule has 4 nitrogen and oxygen atoms in total. The Morgan fingerprint density at radius 2 is 2.32 bits per heavy atom. The molecule has 2 aliphatic rings. The molecular formula is C14H17Cl2FN2O2S. The molecule has 2 fully saturated rings. The van der Waals surface area contributed by atoms with E-state index in [9.17, 15) is 9.18 Å². The molecule has 1 aromatic carbocycles. The van der Waals surface area contributed by atoms with Gasteiger partial charge in [-0.05, 0) is 17.7 Å². The van der Waals surface area contributed by atoms with E-state index in [4.69, 9.17) is 16.3 Å². The van der Waals surface area contributed by atoms with E-state index in [1.807, 2.05) is 4.90 Å². The second-order valence-corrected chi connectivity index (χ2v) is 6.53. The third-order valence-corrected chi connectivity index (χ3v) is 4.94. The first-order valence-electron chi connectivity index (χ1n) is 6.81. The van der Waals surface area contributed by atoms with Crippen molar-refractivity contribution >= 4 is 41.7 Å². The zero-order chi connectivity index (χ0) is 14.8. The second kappa shape index (κ2) is 7.84. The number of hydrogen-bond donors (Lipinski definition) is 1. The molecule has 122 valence electrons. The molecule has 0 spiro atoms. The van der Waals surface area contributed by atoms with Crippen LogP contribution in [0.5, 0.6) is 0 Å². The summed E-state index contributed by atoms with van der Waals surface area (Å²) in [5, 5.41) is 3.26. The van der Waals surface area contributed by atoms with E-state index in [1.54, 1.807) is 23.9 Å². The second-order valence-electron chi connectivity index (χ2n) is 5.09. The van der Waals surface area contributed by atoms with Gasteiger partial charge < -0.3 is 9.64 Å². The monoisotopic (exact) mass is 366 g/mol. The minimum atomic E-state index is -0.448. The highest BCUT2D eigenvalue weighted by atomic mass is 35.5. The Morgan fingerprint density at radius 3 is 3.00 bits per heavy atom. The average Bonchev–Trinajstić information content (AvgIpc) is 3.04. The van der Waals surface area contributed by atoms with E-state index >= 15 is 0 Å². The summed E-state index contributed by atoms with van der Waals surface area (Å²) in [7, 11) is 0. The third kappa shape index (κ3) is 3.86. The van der Waals surface area contributed by atoms with Gasteiger partial charge in [0.1, 0.15) is 11.9 Å². The van der Waals surface area contributed by atoms with E-state index in [2.05, 4.69) is 5.32 Å². The van der Waals surface area contributed by atoms with E-state index in [0.29, 0.717) is 19.7 Å². The lowest BCUT2D eigenvalue weighted by Gasteiger charge is -2.34. The van der Waals surface area contributed by atoms with Crippen molar-refractivity contribution in [2.45, 2.75) is 12.1 Å². The molecular weight excluding hydrogens is 350 g/mol. The lowest BCUT2D eigenvalue weighted by molar-refractivity contribution is -0.140. The molecule has 2 aliphatic heterocycles. The first kappa shape index (κ1) is 17.8. The van der Waals surface area contributed by atoms with Crippen molar-refractivity contribution < 1.29 is 13.9 Å². The topological polar surface area (TPSA) is 41.6 Å². The molecule has 0 saturated carbocycles. The lowest BCUT2D eigenvalue weighted by atomic mass is 10.1.